The van der Waals surface area contributed by atoms with Gasteiger partial charge in [-0.15, -0.1) is 0 Å². The van der Waals surface area contributed by atoms with Crippen molar-refractivity contribution in [1.29, 1.82) is 0 Å². The van der Waals surface area contributed by atoms with Crippen LogP contribution in [0, 0.1) is 23.5 Å². The molecule has 23 heavy (non-hydrogen) atoms. The molecule has 0 bridgehead atoms. The van der Waals surface area contributed by atoms with Gasteiger partial charge in [0.05, 0.1) is 0 Å². The van der Waals surface area contributed by atoms with Gasteiger partial charge in [0, 0.05) is 31.1 Å². The van der Waals surface area contributed by atoms with Gasteiger partial charge in [0.15, 0.2) is 0 Å². The van der Waals surface area contributed by atoms with Gasteiger partial charge in [0.1, 0.15) is 11.6 Å². The molecule has 2 saturated carbocycles. The van der Waals surface area contributed by atoms with Crippen molar-refractivity contribution in [1.82, 2.24) is 10.2 Å². The Labute approximate surface area is 135 Å². The number of rotatable bonds is 5. The van der Waals surface area contributed by atoms with Gasteiger partial charge >= 0.3 is 0 Å². The van der Waals surface area contributed by atoms with Crippen LogP contribution in [-0.4, -0.2) is 36.5 Å². The predicted octanol–water partition coefficient (Wildman–Crippen LogP) is 2.67. The Bertz CT molecular complexity index is 617. The zero-order valence-electron chi connectivity index (χ0n) is 13.1. The highest BCUT2D eigenvalue weighted by Gasteiger charge is 2.45. The maximum Gasteiger partial charge on any atom is 0.223 e. The summed E-state index contributed by atoms with van der Waals surface area (Å²) >= 11 is 0. The normalized spacial score (nSPS) is 30.4. The number of carbonyl (C=O) groups is 1. The van der Waals surface area contributed by atoms with E-state index in [2.05, 4.69) is 10.2 Å². The second-order valence-corrected chi connectivity index (χ2v) is 7.24. The molecule has 1 N–H and O–H groups in total. The molecule has 3 atom stereocenters. The van der Waals surface area contributed by atoms with Gasteiger partial charge in [0.2, 0.25) is 5.91 Å². The minimum atomic E-state index is -0.575. The highest BCUT2D eigenvalue weighted by molar-refractivity contribution is 5.82. The molecule has 1 saturated heterocycles. The molecule has 0 spiro atoms. The molecule has 1 amide bonds. The van der Waals surface area contributed by atoms with Crippen molar-refractivity contribution in [3.63, 3.8) is 0 Å². The van der Waals surface area contributed by atoms with E-state index in [4.69, 9.17) is 0 Å². The van der Waals surface area contributed by atoms with E-state index in [1.165, 1.54) is 25.0 Å². The van der Waals surface area contributed by atoms with E-state index in [9.17, 15) is 13.6 Å². The first kappa shape index (κ1) is 15.1. The van der Waals surface area contributed by atoms with Crippen LogP contribution in [0.3, 0.4) is 0 Å². The lowest BCUT2D eigenvalue weighted by Gasteiger charge is -2.15. The number of halogens is 2. The zero-order valence-corrected chi connectivity index (χ0v) is 13.1. The first-order valence-corrected chi connectivity index (χ1v) is 8.58. The smallest absolute Gasteiger partial charge is 0.223 e. The van der Waals surface area contributed by atoms with Crippen molar-refractivity contribution in [2.75, 3.05) is 19.6 Å². The van der Waals surface area contributed by atoms with Gasteiger partial charge in [-0.25, -0.2) is 8.78 Å². The van der Waals surface area contributed by atoms with E-state index in [1.54, 1.807) is 0 Å². The van der Waals surface area contributed by atoms with E-state index in [1.807, 2.05) is 0 Å². The minimum Gasteiger partial charge on any atom is -0.356 e. The minimum absolute atomic E-state index is 0.0172. The fourth-order valence-corrected chi connectivity index (χ4v) is 3.81. The number of hydrogen-bond acceptors (Lipinski definition) is 2. The van der Waals surface area contributed by atoms with Gasteiger partial charge < -0.3 is 10.2 Å². The fraction of sp³-hybridized carbons (Fsp3) is 0.611. The Balaban J connectivity index is 1.26. The Morgan fingerprint density at radius 3 is 2.83 bits per heavy atom. The number of nitrogens with zero attached hydrogens (tertiary/aromatic N) is 1. The van der Waals surface area contributed by atoms with E-state index in [0.29, 0.717) is 17.9 Å². The van der Waals surface area contributed by atoms with Crippen LogP contribution in [-0.2, 0) is 4.79 Å². The lowest BCUT2D eigenvalue weighted by Crippen LogP contribution is -2.32. The van der Waals surface area contributed by atoms with Gasteiger partial charge in [-0.2, -0.15) is 0 Å². The summed E-state index contributed by atoms with van der Waals surface area (Å²) in [6.45, 7) is 2.96. The largest absolute Gasteiger partial charge is 0.356 e. The van der Waals surface area contributed by atoms with Crippen molar-refractivity contribution >= 4 is 5.91 Å². The Kier molecular flexibility index (Phi) is 3.84. The summed E-state index contributed by atoms with van der Waals surface area (Å²) in [6.07, 6.45) is 4.46. The van der Waals surface area contributed by atoms with Gasteiger partial charge in [0.25, 0.3) is 0 Å². The summed E-state index contributed by atoms with van der Waals surface area (Å²) in [7, 11) is 0. The first-order valence-electron chi connectivity index (χ1n) is 8.58. The lowest BCUT2D eigenvalue weighted by atomic mass is 10.1. The molecule has 3 nitrogen and oxygen atoms in total. The Morgan fingerprint density at radius 2 is 2.09 bits per heavy atom. The fourth-order valence-electron chi connectivity index (χ4n) is 3.81. The number of benzene rings is 1. The molecule has 3 aliphatic rings. The first-order chi connectivity index (χ1) is 11.1. The summed E-state index contributed by atoms with van der Waals surface area (Å²) in [4.78, 5) is 14.8. The second-order valence-electron chi connectivity index (χ2n) is 7.24. The van der Waals surface area contributed by atoms with E-state index < -0.39 is 11.6 Å². The van der Waals surface area contributed by atoms with Crippen LogP contribution in [0.25, 0.3) is 0 Å². The summed E-state index contributed by atoms with van der Waals surface area (Å²) in [5.74, 6) is -0.809. The molecule has 3 fully saturated rings. The SMILES string of the molecule is O=C(NCC1CCN(C2CC2)C1)C1CC1c1ccc(F)cc1F. The maximum absolute atomic E-state index is 13.8. The molecule has 4 rings (SSSR count). The van der Waals surface area contributed by atoms with Gasteiger partial charge in [-0.1, -0.05) is 6.07 Å². The van der Waals surface area contributed by atoms with Crippen LogP contribution < -0.4 is 5.32 Å². The number of amides is 1. The van der Waals surface area contributed by atoms with E-state index >= 15 is 0 Å². The molecule has 3 unspecified atom stereocenters. The van der Waals surface area contributed by atoms with Gasteiger partial charge in [-0.05, 0) is 55.7 Å². The third-order valence-electron chi connectivity index (χ3n) is 5.43. The second kappa shape index (κ2) is 5.86. The van der Waals surface area contributed by atoms with Crippen molar-refractivity contribution in [3.05, 3.63) is 35.4 Å². The predicted molar refractivity (Wildman–Crippen MR) is 82.9 cm³/mol. The molecule has 5 heteroatoms. The average molecular weight is 320 g/mol. The average Bonchev–Trinajstić information content (AvgIpc) is 3.44. The number of carbonyl (C=O) groups excluding carboxylic acids is 1. The molecule has 2 aliphatic carbocycles. The molecule has 1 heterocycles. The third kappa shape index (κ3) is 3.25. The van der Waals surface area contributed by atoms with Crippen molar-refractivity contribution in [2.24, 2.45) is 11.8 Å². The summed E-state index contributed by atoms with van der Waals surface area (Å²) in [5, 5.41) is 3.03. The maximum atomic E-state index is 13.8. The van der Waals surface area contributed by atoms with Crippen molar-refractivity contribution in [3.8, 4) is 0 Å². The molecule has 124 valence electrons. The van der Waals surface area contributed by atoms with Gasteiger partial charge in [-0.3, -0.25) is 4.79 Å². The molecule has 0 radical (unpaired) electrons. The third-order valence-corrected chi connectivity index (χ3v) is 5.43. The van der Waals surface area contributed by atoms with Crippen molar-refractivity contribution < 1.29 is 13.6 Å². The van der Waals surface area contributed by atoms with Crippen molar-refractivity contribution in [2.45, 2.75) is 37.6 Å². The molecular weight excluding hydrogens is 298 g/mol. The monoisotopic (exact) mass is 320 g/mol. The molecule has 1 aromatic rings. The quantitative estimate of drug-likeness (QED) is 0.905. The lowest BCUT2D eigenvalue weighted by molar-refractivity contribution is -0.122. The van der Waals surface area contributed by atoms with Crippen LogP contribution in [0.1, 0.15) is 37.2 Å². The highest BCUT2D eigenvalue weighted by atomic mass is 19.1. The summed E-state index contributed by atoms with van der Waals surface area (Å²) < 4.78 is 26.7. The Morgan fingerprint density at radius 1 is 1.26 bits per heavy atom. The van der Waals surface area contributed by atoms with Crippen LogP contribution in [0.5, 0.6) is 0 Å². The summed E-state index contributed by atoms with van der Waals surface area (Å²) in [6, 6.07) is 4.42. The summed E-state index contributed by atoms with van der Waals surface area (Å²) in [5.41, 5.74) is 0.465. The van der Waals surface area contributed by atoms with E-state index in [-0.39, 0.29) is 17.7 Å². The molecule has 1 aliphatic heterocycles. The van der Waals surface area contributed by atoms with Crippen LogP contribution >= 0.6 is 0 Å². The van der Waals surface area contributed by atoms with E-state index in [0.717, 1.165) is 38.2 Å². The molecular formula is C18H22F2N2O. The number of hydrogen-bond donors (Lipinski definition) is 1. The Hall–Kier alpha value is -1.49. The molecule has 1 aromatic carbocycles. The highest BCUT2D eigenvalue weighted by Crippen LogP contribution is 2.48. The van der Waals surface area contributed by atoms with Crippen LogP contribution in [0.4, 0.5) is 8.78 Å². The molecule has 0 aromatic heterocycles. The number of likely N-dealkylation sites (tertiary alicyclic amines) is 1. The topological polar surface area (TPSA) is 32.3 Å². The standard InChI is InChI=1S/C18H22F2N2O/c19-12-1-4-14(17(20)7-12)15-8-16(15)18(23)21-9-11-5-6-22(10-11)13-2-3-13/h1,4,7,11,13,15-16H,2-3,5-6,8-10H2,(H,21,23). The van der Waals surface area contributed by atoms with Crippen LogP contribution in [0.2, 0.25) is 0 Å². The van der Waals surface area contributed by atoms with Crippen LogP contribution in [0.15, 0.2) is 18.2 Å². The zero-order chi connectivity index (χ0) is 16.0. The number of nitrogens with one attached hydrogen (secondary N) is 1.